The first-order chi connectivity index (χ1) is 9.84. The molecule has 1 aromatic carbocycles. The molecule has 0 amide bonds. The third-order valence-electron chi connectivity index (χ3n) is 2.49. The van der Waals surface area contributed by atoms with Crippen LogP contribution < -0.4 is 9.47 Å². The first-order valence-electron chi connectivity index (χ1n) is 6.83. The highest BCUT2D eigenvalue weighted by molar-refractivity contribution is 5.76. The summed E-state index contributed by atoms with van der Waals surface area (Å²) in [5.41, 5.74) is 0.0142. The minimum atomic E-state index is -0.469. The van der Waals surface area contributed by atoms with E-state index in [0.29, 0.717) is 36.5 Å². The first kappa shape index (κ1) is 17.0. The van der Waals surface area contributed by atoms with Gasteiger partial charge in [0.15, 0.2) is 0 Å². The fraction of sp³-hybridized carbons (Fsp3) is 0.500. The molecule has 116 valence electrons. The normalized spacial score (nSPS) is 10.9. The van der Waals surface area contributed by atoms with Crippen LogP contribution >= 0.6 is 0 Å². The summed E-state index contributed by atoms with van der Waals surface area (Å²) < 4.78 is 15.8. The van der Waals surface area contributed by atoms with Gasteiger partial charge in [0, 0.05) is 18.1 Å². The van der Waals surface area contributed by atoms with Gasteiger partial charge in [-0.2, -0.15) is 0 Å². The highest BCUT2D eigenvalue weighted by Crippen LogP contribution is 2.22. The lowest BCUT2D eigenvalue weighted by atomic mass is 10.2. The van der Waals surface area contributed by atoms with Crippen molar-refractivity contribution in [2.75, 3.05) is 13.7 Å². The van der Waals surface area contributed by atoms with E-state index in [2.05, 4.69) is 0 Å². The second kappa shape index (κ2) is 7.67. The summed E-state index contributed by atoms with van der Waals surface area (Å²) in [6.45, 7) is 5.86. The zero-order chi connectivity index (χ0) is 15.9. The molecule has 0 aliphatic carbocycles. The lowest BCUT2D eigenvalue weighted by Crippen LogP contribution is -2.23. The van der Waals surface area contributed by atoms with Crippen molar-refractivity contribution in [3.8, 4) is 11.5 Å². The molecule has 21 heavy (non-hydrogen) atoms. The van der Waals surface area contributed by atoms with Crippen molar-refractivity contribution >= 4 is 12.3 Å². The SMILES string of the molecule is COc1cc(C=O)cc(OCCCC(=O)OC(C)(C)C)c1. The zero-order valence-corrected chi connectivity index (χ0v) is 13.0. The van der Waals surface area contributed by atoms with E-state index in [1.165, 1.54) is 7.11 Å². The lowest BCUT2D eigenvalue weighted by Gasteiger charge is -2.19. The number of hydrogen-bond acceptors (Lipinski definition) is 5. The number of ether oxygens (including phenoxy) is 3. The van der Waals surface area contributed by atoms with E-state index in [4.69, 9.17) is 14.2 Å². The van der Waals surface area contributed by atoms with Gasteiger partial charge in [-0.3, -0.25) is 9.59 Å². The predicted molar refractivity (Wildman–Crippen MR) is 79.0 cm³/mol. The smallest absolute Gasteiger partial charge is 0.306 e. The van der Waals surface area contributed by atoms with Crippen LogP contribution in [0.2, 0.25) is 0 Å². The molecule has 0 radical (unpaired) electrons. The van der Waals surface area contributed by atoms with Gasteiger partial charge in [-0.25, -0.2) is 0 Å². The lowest BCUT2D eigenvalue weighted by molar-refractivity contribution is -0.155. The molecular formula is C16H22O5. The van der Waals surface area contributed by atoms with Crippen molar-refractivity contribution < 1.29 is 23.8 Å². The third kappa shape index (κ3) is 6.79. The van der Waals surface area contributed by atoms with Gasteiger partial charge in [-0.05, 0) is 39.3 Å². The fourth-order valence-corrected chi connectivity index (χ4v) is 1.66. The van der Waals surface area contributed by atoms with Crippen molar-refractivity contribution in [1.82, 2.24) is 0 Å². The fourth-order valence-electron chi connectivity index (χ4n) is 1.66. The van der Waals surface area contributed by atoms with E-state index < -0.39 is 5.60 Å². The minimum absolute atomic E-state index is 0.245. The Morgan fingerprint density at radius 2 is 1.86 bits per heavy atom. The quantitative estimate of drug-likeness (QED) is 0.439. The van der Waals surface area contributed by atoms with Gasteiger partial charge in [-0.1, -0.05) is 0 Å². The Labute approximate surface area is 125 Å². The Balaban J connectivity index is 2.42. The Bertz CT molecular complexity index is 488. The molecule has 0 spiro atoms. The van der Waals surface area contributed by atoms with E-state index in [1.807, 2.05) is 20.8 Å². The Morgan fingerprint density at radius 1 is 1.19 bits per heavy atom. The molecule has 5 nitrogen and oxygen atoms in total. The van der Waals surface area contributed by atoms with Crippen LogP contribution in [-0.2, 0) is 9.53 Å². The summed E-state index contributed by atoms with van der Waals surface area (Å²) >= 11 is 0. The Morgan fingerprint density at radius 3 is 2.43 bits per heavy atom. The minimum Gasteiger partial charge on any atom is -0.497 e. The molecule has 0 bridgehead atoms. The number of aldehydes is 1. The van der Waals surface area contributed by atoms with Crippen LogP contribution in [0.25, 0.3) is 0 Å². The Hall–Kier alpha value is -2.04. The Kier molecular flexibility index (Phi) is 6.21. The molecule has 0 unspecified atom stereocenters. The highest BCUT2D eigenvalue weighted by Gasteiger charge is 2.15. The number of methoxy groups -OCH3 is 1. The maximum atomic E-state index is 11.5. The summed E-state index contributed by atoms with van der Waals surface area (Å²) in [5.74, 6) is 0.854. The van der Waals surface area contributed by atoms with Gasteiger partial charge in [-0.15, -0.1) is 0 Å². The number of rotatable bonds is 7. The zero-order valence-electron chi connectivity index (χ0n) is 13.0. The van der Waals surface area contributed by atoms with Crippen molar-refractivity contribution in [3.05, 3.63) is 23.8 Å². The third-order valence-corrected chi connectivity index (χ3v) is 2.49. The van der Waals surface area contributed by atoms with Crippen LogP contribution in [-0.4, -0.2) is 31.6 Å². The molecular weight excluding hydrogens is 272 g/mol. The second-order valence-corrected chi connectivity index (χ2v) is 5.60. The van der Waals surface area contributed by atoms with Crippen LogP contribution in [0.3, 0.4) is 0 Å². The number of esters is 1. The highest BCUT2D eigenvalue weighted by atomic mass is 16.6. The van der Waals surface area contributed by atoms with Crippen LogP contribution in [0.15, 0.2) is 18.2 Å². The second-order valence-electron chi connectivity index (χ2n) is 5.60. The van der Waals surface area contributed by atoms with Gasteiger partial charge in [0.25, 0.3) is 0 Å². The predicted octanol–water partition coefficient (Wildman–Crippen LogP) is 3.01. The number of carbonyl (C=O) groups excluding carboxylic acids is 2. The van der Waals surface area contributed by atoms with Crippen molar-refractivity contribution in [2.24, 2.45) is 0 Å². The maximum Gasteiger partial charge on any atom is 0.306 e. The molecule has 0 saturated heterocycles. The van der Waals surface area contributed by atoms with E-state index >= 15 is 0 Å². The van der Waals surface area contributed by atoms with Crippen molar-refractivity contribution in [1.29, 1.82) is 0 Å². The number of benzene rings is 1. The monoisotopic (exact) mass is 294 g/mol. The van der Waals surface area contributed by atoms with Gasteiger partial charge in [0.2, 0.25) is 0 Å². The molecule has 1 aromatic rings. The van der Waals surface area contributed by atoms with E-state index in [0.717, 1.165) is 6.29 Å². The van der Waals surface area contributed by atoms with Crippen LogP contribution in [0, 0.1) is 0 Å². The van der Waals surface area contributed by atoms with E-state index in [1.54, 1.807) is 18.2 Å². The maximum absolute atomic E-state index is 11.5. The first-order valence-corrected chi connectivity index (χ1v) is 6.83. The molecule has 5 heteroatoms. The molecule has 0 atom stereocenters. The molecule has 0 aliphatic heterocycles. The van der Waals surface area contributed by atoms with Gasteiger partial charge in [0.1, 0.15) is 23.4 Å². The van der Waals surface area contributed by atoms with E-state index in [9.17, 15) is 9.59 Å². The summed E-state index contributed by atoms with van der Waals surface area (Å²) in [6, 6.07) is 4.95. The van der Waals surface area contributed by atoms with E-state index in [-0.39, 0.29) is 5.97 Å². The molecule has 0 aliphatic rings. The largest absolute Gasteiger partial charge is 0.497 e. The summed E-state index contributed by atoms with van der Waals surface area (Å²) in [4.78, 5) is 22.3. The van der Waals surface area contributed by atoms with Gasteiger partial charge >= 0.3 is 5.97 Å². The molecule has 1 rings (SSSR count). The van der Waals surface area contributed by atoms with Gasteiger partial charge < -0.3 is 14.2 Å². The standard InChI is InChI=1S/C16H22O5/c1-16(2,3)21-15(18)6-5-7-20-14-9-12(11-17)8-13(10-14)19-4/h8-11H,5-7H2,1-4H3. The van der Waals surface area contributed by atoms with Crippen LogP contribution in [0.4, 0.5) is 0 Å². The van der Waals surface area contributed by atoms with Crippen LogP contribution in [0.5, 0.6) is 11.5 Å². The van der Waals surface area contributed by atoms with Crippen LogP contribution in [0.1, 0.15) is 44.0 Å². The van der Waals surface area contributed by atoms with Crippen molar-refractivity contribution in [2.45, 2.75) is 39.2 Å². The molecule has 0 heterocycles. The molecule has 0 fully saturated rings. The average molecular weight is 294 g/mol. The number of hydrogen-bond donors (Lipinski definition) is 0. The summed E-state index contributed by atoms with van der Waals surface area (Å²) in [7, 11) is 1.52. The average Bonchev–Trinajstić information content (AvgIpc) is 2.41. The number of carbonyl (C=O) groups is 2. The van der Waals surface area contributed by atoms with Crippen molar-refractivity contribution in [3.63, 3.8) is 0 Å². The molecule has 0 aromatic heterocycles. The summed E-state index contributed by atoms with van der Waals surface area (Å²) in [6.07, 6.45) is 1.57. The van der Waals surface area contributed by atoms with Gasteiger partial charge in [0.05, 0.1) is 13.7 Å². The molecule has 0 N–H and O–H groups in total. The topological polar surface area (TPSA) is 61.8 Å². The summed E-state index contributed by atoms with van der Waals surface area (Å²) in [5, 5.41) is 0. The molecule has 0 saturated carbocycles.